The standard InChI is InChI=1S/C15H15N3O4/c16-7-10-3-4-12(18(21)22)13(6-10)17-8-11-2-1-5-15(11,9-17)14(19)20/h3-4,6,11H,1-2,5,8-9H2,(H,19,20)/t11-,15+/m0/s1. The lowest BCUT2D eigenvalue weighted by atomic mass is 9.81. The molecule has 2 aliphatic rings. The molecule has 1 aromatic carbocycles. The molecule has 0 radical (unpaired) electrons. The summed E-state index contributed by atoms with van der Waals surface area (Å²) >= 11 is 0. The second-order valence-corrected chi connectivity index (χ2v) is 6.00. The number of nitro groups is 1. The minimum absolute atomic E-state index is 0.00958. The summed E-state index contributed by atoms with van der Waals surface area (Å²) in [5.74, 6) is -0.813. The number of carbonyl (C=O) groups is 1. The molecule has 0 bridgehead atoms. The number of benzene rings is 1. The van der Waals surface area contributed by atoms with Crippen LogP contribution in [0.5, 0.6) is 0 Å². The van der Waals surface area contributed by atoms with Crippen molar-refractivity contribution >= 4 is 17.3 Å². The van der Waals surface area contributed by atoms with E-state index in [1.807, 2.05) is 6.07 Å². The molecule has 114 valence electrons. The lowest BCUT2D eigenvalue weighted by Crippen LogP contribution is -2.35. The van der Waals surface area contributed by atoms with Gasteiger partial charge < -0.3 is 10.0 Å². The zero-order valence-electron chi connectivity index (χ0n) is 11.9. The van der Waals surface area contributed by atoms with Gasteiger partial charge in [0.05, 0.1) is 22.0 Å². The largest absolute Gasteiger partial charge is 0.481 e. The number of anilines is 1. The van der Waals surface area contributed by atoms with Crippen molar-refractivity contribution in [2.45, 2.75) is 19.3 Å². The van der Waals surface area contributed by atoms with E-state index in [9.17, 15) is 20.0 Å². The minimum atomic E-state index is -0.823. The van der Waals surface area contributed by atoms with Crippen LogP contribution in [0.3, 0.4) is 0 Å². The first kappa shape index (κ1) is 14.3. The molecule has 0 aromatic heterocycles. The summed E-state index contributed by atoms with van der Waals surface area (Å²) in [6.45, 7) is 0.755. The molecule has 1 aromatic rings. The van der Waals surface area contributed by atoms with Gasteiger partial charge in [-0.25, -0.2) is 0 Å². The van der Waals surface area contributed by atoms with Crippen molar-refractivity contribution in [1.29, 1.82) is 5.26 Å². The molecule has 0 spiro atoms. The van der Waals surface area contributed by atoms with Crippen LogP contribution in [-0.2, 0) is 4.79 Å². The molecule has 0 amide bonds. The Morgan fingerprint density at radius 1 is 1.55 bits per heavy atom. The first-order valence-corrected chi connectivity index (χ1v) is 7.15. The number of nitriles is 1. The molecule has 1 aliphatic heterocycles. The normalized spacial score (nSPS) is 26.5. The molecule has 0 unspecified atom stereocenters. The van der Waals surface area contributed by atoms with Crippen molar-refractivity contribution in [3.63, 3.8) is 0 Å². The van der Waals surface area contributed by atoms with Crippen LogP contribution in [0.2, 0.25) is 0 Å². The molecule has 2 fully saturated rings. The fraction of sp³-hybridized carbons (Fsp3) is 0.467. The predicted octanol–water partition coefficient (Wildman–Crippen LogP) is 2.16. The number of nitrogens with zero attached hydrogens (tertiary/aromatic N) is 3. The minimum Gasteiger partial charge on any atom is -0.481 e. The van der Waals surface area contributed by atoms with Crippen LogP contribution in [-0.4, -0.2) is 29.1 Å². The average Bonchev–Trinajstić information content (AvgIpc) is 3.04. The number of carboxylic acid groups (broad SMARTS) is 1. The molecule has 1 aliphatic carbocycles. The highest BCUT2D eigenvalue weighted by molar-refractivity contribution is 5.79. The maximum absolute atomic E-state index is 11.7. The van der Waals surface area contributed by atoms with Crippen molar-refractivity contribution in [2.75, 3.05) is 18.0 Å². The number of rotatable bonds is 3. The van der Waals surface area contributed by atoms with Gasteiger partial charge in [0.2, 0.25) is 0 Å². The van der Waals surface area contributed by atoms with Gasteiger partial charge in [-0.1, -0.05) is 6.42 Å². The average molecular weight is 301 g/mol. The molecule has 1 saturated carbocycles. The molecule has 7 nitrogen and oxygen atoms in total. The van der Waals surface area contributed by atoms with Crippen LogP contribution in [0.4, 0.5) is 11.4 Å². The summed E-state index contributed by atoms with van der Waals surface area (Å²) in [5.41, 5.74) is -0.211. The maximum Gasteiger partial charge on any atom is 0.311 e. The molecular formula is C15H15N3O4. The van der Waals surface area contributed by atoms with Crippen LogP contribution < -0.4 is 4.90 Å². The Kier molecular flexibility index (Phi) is 3.24. The third-order valence-electron chi connectivity index (χ3n) is 4.94. The molecule has 1 N–H and O–H groups in total. The SMILES string of the molecule is N#Cc1ccc([N+](=O)[O-])c(N2C[C@@H]3CCC[C@@]3(C(=O)O)C2)c1. The van der Waals surface area contributed by atoms with E-state index in [2.05, 4.69) is 0 Å². The summed E-state index contributed by atoms with van der Waals surface area (Å²) < 4.78 is 0. The quantitative estimate of drug-likeness (QED) is 0.677. The second-order valence-electron chi connectivity index (χ2n) is 6.00. The number of hydrogen-bond donors (Lipinski definition) is 1. The highest BCUT2D eigenvalue weighted by Gasteiger charge is 2.55. The van der Waals surface area contributed by atoms with Crippen LogP contribution >= 0.6 is 0 Å². The van der Waals surface area contributed by atoms with Crippen molar-refractivity contribution in [3.05, 3.63) is 33.9 Å². The first-order chi connectivity index (χ1) is 10.5. The smallest absolute Gasteiger partial charge is 0.311 e. The Bertz CT molecular complexity index is 697. The third kappa shape index (κ3) is 1.99. The topological polar surface area (TPSA) is 107 Å². The van der Waals surface area contributed by atoms with Gasteiger partial charge in [-0.15, -0.1) is 0 Å². The molecule has 3 rings (SSSR count). The number of aliphatic carboxylic acids is 1. The Balaban J connectivity index is 2.01. The van der Waals surface area contributed by atoms with Crippen LogP contribution in [0.15, 0.2) is 18.2 Å². The number of carboxylic acids is 1. The lowest BCUT2D eigenvalue weighted by Gasteiger charge is -2.24. The molecule has 1 saturated heterocycles. The Morgan fingerprint density at radius 2 is 2.32 bits per heavy atom. The molecule has 1 heterocycles. The summed E-state index contributed by atoms with van der Waals surface area (Å²) in [7, 11) is 0. The van der Waals surface area contributed by atoms with Crippen molar-refractivity contribution < 1.29 is 14.8 Å². The molecule has 7 heteroatoms. The van der Waals surface area contributed by atoms with Gasteiger partial charge in [0.1, 0.15) is 5.69 Å². The van der Waals surface area contributed by atoms with Gasteiger partial charge in [-0.2, -0.15) is 5.26 Å². The fourth-order valence-electron chi connectivity index (χ4n) is 3.82. The number of nitro benzene ring substituents is 1. The number of hydrogen-bond acceptors (Lipinski definition) is 5. The first-order valence-electron chi connectivity index (χ1n) is 7.15. The molecule has 22 heavy (non-hydrogen) atoms. The van der Waals surface area contributed by atoms with E-state index in [0.29, 0.717) is 24.2 Å². The summed E-state index contributed by atoms with van der Waals surface area (Å²) in [4.78, 5) is 24.2. The van der Waals surface area contributed by atoms with Crippen molar-refractivity contribution in [2.24, 2.45) is 11.3 Å². The van der Waals surface area contributed by atoms with E-state index in [0.717, 1.165) is 12.8 Å². The van der Waals surface area contributed by atoms with Gasteiger partial charge in [-0.3, -0.25) is 14.9 Å². The monoisotopic (exact) mass is 301 g/mol. The fourth-order valence-corrected chi connectivity index (χ4v) is 3.82. The van der Waals surface area contributed by atoms with E-state index in [4.69, 9.17) is 5.26 Å². The Labute approximate surface area is 126 Å². The number of fused-ring (bicyclic) bond motifs is 1. The van der Waals surface area contributed by atoms with Gasteiger partial charge in [0.25, 0.3) is 5.69 Å². The predicted molar refractivity (Wildman–Crippen MR) is 77.4 cm³/mol. The lowest BCUT2D eigenvalue weighted by molar-refractivity contribution is -0.384. The summed E-state index contributed by atoms with van der Waals surface area (Å²) in [6.07, 6.45) is 2.31. The van der Waals surface area contributed by atoms with E-state index < -0.39 is 16.3 Å². The van der Waals surface area contributed by atoms with Gasteiger partial charge >= 0.3 is 5.97 Å². The zero-order valence-corrected chi connectivity index (χ0v) is 11.9. The van der Waals surface area contributed by atoms with Gasteiger partial charge in [0, 0.05) is 19.2 Å². The van der Waals surface area contributed by atoms with Crippen LogP contribution in [0.1, 0.15) is 24.8 Å². The van der Waals surface area contributed by atoms with E-state index >= 15 is 0 Å². The van der Waals surface area contributed by atoms with E-state index in [1.54, 1.807) is 4.90 Å². The summed E-state index contributed by atoms with van der Waals surface area (Å²) in [6, 6.07) is 6.18. The van der Waals surface area contributed by atoms with E-state index in [1.165, 1.54) is 18.2 Å². The highest BCUT2D eigenvalue weighted by atomic mass is 16.6. The maximum atomic E-state index is 11.7. The van der Waals surface area contributed by atoms with Crippen molar-refractivity contribution in [1.82, 2.24) is 0 Å². The van der Waals surface area contributed by atoms with E-state index in [-0.39, 0.29) is 18.2 Å². The molecular weight excluding hydrogens is 286 g/mol. The Morgan fingerprint density at radius 3 is 2.91 bits per heavy atom. The second kappa shape index (κ2) is 4.98. The highest BCUT2D eigenvalue weighted by Crippen LogP contribution is 2.50. The molecule has 2 atom stereocenters. The summed E-state index contributed by atoms with van der Waals surface area (Å²) in [5, 5.41) is 29.8. The van der Waals surface area contributed by atoms with Gasteiger partial charge in [-0.05, 0) is 30.9 Å². The zero-order chi connectivity index (χ0) is 15.9. The van der Waals surface area contributed by atoms with Gasteiger partial charge in [0.15, 0.2) is 0 Å². The van der Waals surface area contributed by atoms with Crippen molar-refractivity contribution in [3.8, 4) is 6.07 Å². The van der Waals surface area contributed by atoms with Crippen LogP contribution in [0.25, 0.3) is 0 Å². The third-order valence-corrected chi connectivity index (χ3v) is 4.94. The van der Waals surface area contributed by atoms with Crippen LogP contribution in [0, 0.1) is 32.8 Å². The Hall–Kier alpha value is -2.62.